The van der Waals surface area contributed by atoms with E-state index in [4.69, 9.17) is 5.73 Å². The van der Waals surface area contributed by atoms with Crippen LogP contribution in [0, 0.1) is 0 Å². The zero-order valence-electron chi connectivity index (χ0n) is 10.1. The topological polar surface area (TPSA) is 55.6 Å². The van der Waals surface area contributed by atoms with Crippen LogP contribution in [0.3, 0.4) is 0 Å². The first-order valence-corrected chi connectivity index (χ1v) is 5.87. The molecule has 0 aliphatic heterocycles. The molecule has 1 amide bonds. The molecule has 2 N–H and O–H groups in total. The number of nitrogens with zero attached hydrogens (tertiary/aromatic N) is 1. The van der Waals surface area contributed by atoms with Crippen LogP contribution in [-0.2, 0) is 9.53 Å². The third-order valence-corrected chi connectivity index (χ3v) is 2.29. The Balaban J connectivity index is 3.87. The van der Waals surface area contributed by atoms with E-state index in [1.165, 1.54) is 4.90 Å². The van der Waals surface area contributed by atoms with E-state index in [2.05, 4.69) is 17.0 Å². The van der Waals surface area contributed by atoms with E-state index in [0.29, 0.717) is 24.5 Å². The second-order valence-corrected chi connectivity index (χ2v) is 4.13. The molecule has 18 heavy (non-hydrogen) atoms. The standard InChI is InChI=1S/C10H17F3N2O2S/c1-2-15(5-3-8(14)18)9(16)4-6-17-7-10(11,12)13/h2-7H2,1H3,(H2,14,18). The fourth-order valence-corrected chi connectivity index (χ4v) is 1.30. The summed E-state index contributed by atoms with van der Waals surface area (Å²) in [4.78, 5) is 13.4. The Labute approximate surface area is 109 Å². The van der Waals surface area contributed by atoms with Gasteiger partial charge in [-0.2, -0.15) is 13.2 Å². The minimum atomic E-state index is -4.36. The van der Waals surface area contributed by atoms with Gasteiger partial charge in [0.1, 0.15) is 6.61 Å². The van der Waals surface area contributed by atoms with E-state index in [9.17, 15) is 18.0 Å². The Hall–Kier alpha value is -0.890. The van der Waals surface area contributed by atoms with Crippen molar-refractivity contribution in [3.63, 3.8) is 0 Å². The minimum absolute atomic E-state index is 0.0821. The van der Waals surface area contributed by atoms with Crippen molar-refractivity contribution in [1.29, 1.82) is 0 Å². The van der Waals surface area contributed by atoms with Gasteiger partial charge >= 0.3 is 6.18 Å². The molecule has 0 aromatic carbocycles. The smallest absolute Gasteiger partial charge is 0.393 e. The summed E-state index contributed by atoms with van der Waals surface area (Å²) in [5, 5.41) is 0. The molecule has 0 heterocycles. The number of thiocarbonyl (C=S) groups is 1. The lowest BCUT2D eigenvalue weighted by Crippen LogP contribution is -2.34. The SMILES string of the molecule is CCN(CCC(N)=S)C(=O)CCOCC(F)(F)F. The lowest BCUT2D eigenvalue weighted by Gasteiger charge is -2.20. The van der Waals surface area contributed by atoms with Crippen LogP contribution in [0.4, 0.5) is 13.2 Å². The first-order chi connectivity index (χ1) is 8.26. The van der Waals surface area contributed by atoms with Crippen LogP contribution >= 0.6 is 12.2 Å². The van der Waals surface area contributed by atoms with Crippen LogP contribution in [0.2, 0.25) is 0 Å². The Morgan fingerprint density at radius 1 is 1.39 bits per heavy atom. The third-order valence-electron chi connectivity index (χ3n) is 2.09. The van der Waals surface area contributed by atoms with Crippen molar-refractivity contribution in [3.8, 4) is 0 Å². The van der Waals surface area contributed by atoms with Crippen molar-refractivity contribution in [2.24, 2.45) is 5.73 Å². The number of amides is 1. The Morgan fingerprint density at radius 3 is 2.44 bits per heavy atom. The first kappa shape index (κ1) is 17.1. The molecule has 0 aliphatic rings. The summed E-state index contributed by atoms with van der Waals surface area (Å²) in [6, 6.07) is 0. The highest BCUT2D eigenvalue weighted by molar-refractivity contribution is 7.80. The van der Waals surface area contributed by atoms with E-state index >= 15 is 0 Å². The quantitative estimate of drug-likeness (QED) is 0.542. The van der Waals surface area contributed by atoms with Gasteiger partial charge in [0.2, 0.25) is 5.91 Å². The van der Waals surface area contributed by atoms with E-state index in [1.54, 1.807) is 6.92 Å². The van der Waals surface area contributed by atoms with Gasteiger partial charge in [-0.25, -0.2) is 0 Å². The van der Waals surface area contributed by atoms with Crippen LogP contribution in [0.1, 0.15) is 19.8 Å². The lowest BCUT2D eigenvalue weighted by molar-refractivity contribution is -0.175. The highest BCUT2D eigenvalue weighted by Crippen LogP contribution is 2.14. The van der Waals surface area contributed by atoms with Crippen LogP contribution in [0.5, 0.6) is 0 Å². The average Bonchev–Trinajstić information content (AvgIpc) is 2.23. The van der Waals surface area contributed by atoms with E-state index < -0.39 is 12.8 Å². The maximum Gasteiger partial charge on any atom is 0.411 e. The molecule has 0 bridgehead atoms. The number of halogens is 3. The molecule has 4 nitrogen and oxygen atoms in total. The molecule has 0 saturated heterocycles. The molecular formula is C10H17F3N2O2S. The summed E-state index contributed by atoms with van der Waals surface area (Å²) in [5.74, 6) is -0.268. The van der Waals surface area contributed by atoms with Crippen molar-refractivity contribution in [2.45, 2.75) is 25.9 Å². The molecule has 0 radical (unpaired) electrons. The second kappa shape index (κ2) is 8.25. The van der Waals surface area contributed by atoms with Gasteiger partial charge in [-0.1, -0.05) is 12.2 Å². The molecule has 0 atom stereocenters. The summed E-state index contributed by atoms with van der Waals surface area (Å²) >= 11 is 4.69. The molecule has 106 valence electrons. The lowest BCUT2D eigenvalue weighted by atomic mass is 10.3. The Morgan fingerprint density at radius 2 is 2.00 bits per heavy atom. The number of alkyl halides is 3. The van der Waals surface area contributed by atoms with Gasteiger partial charge in [0.05, 0.1) is 18.0 Å². The Kier molecular flexibility index (Phi) is 7.85. The van der Waals surface area contributed by atoms with Crippen LogP contribution < -0.4 is 5.73 Å². The second-order valence-electron chi connectivity index (χ2n) is 3.61. The van der Waals surface area contributed by atoms with Gasteiger partial charge in [-0.05, 0) is 6.92 Å². The van der Waals surface area contributed by atoms with Gasteiger partial charge in [-0.3, -0.25) is 4.79 Å². The van der Waals surface area contributed by atoms with Crippen LogP contribution in [-0.4, -0.2) is 48.3 Å². The summed E-state index contributed by atoms with van der Waals surface area (Å²) in [7, 11) is 0. The number of carbonyl (C=O) groups is 1. The monoisotopic (exact) mass is 286 g/mol. The zero-order chi connectivity index (χ0) is 14.2. The molecular weight excluding hydrogens is 269 g/mol. The highest BCUT2D eigenvalue weighted by Gasteiger charge is 2.27. The van der Waals surface area contributed by atoms with Gasteiger partial charge in [-0.15, -0.1) is 0 Å². The summed E-state index contributed by atoms with van der Waals surface area (Å²) in [6.07, 6.45) is -4.04. The molecule has 0 unspecified atom stereocenters. The summed E-state index contributed by atoms with van der Waals surface area (Å²) < 4.78 is 39.7. The zero-order valence-corrected chi connectivity index (χ0v) is 10.9. The molecule has 0 rings (SSSR count). The number of carbonyl (C=O) groups excluding carboxylic acids is 1. The maximum absolute atomic E-state index is 11.8. The van der Waals surface area contributed by atoms with Gasteiger partial charge in [0.15, 0.2) is 0 Å². The number of ether oxygens (including phenoxy) is 1. The fraction of sp³-hybridized carbons (Fsp3) is 0.800. The minimum Gasteiger partial charge on any atom is -0.393 e. The van der Waals surface area contributed by atoms with Crippen molar-refractivity contribution < 1.29 is 22.7 Å². The number of nitrogens with two attached hydrogens (primary N) is 1. The Bertz CT molecular complexity index is 285. The predicted octanol–water partition coefficient (Wildman–Crippen LogP) is 1.48. The average molecular weight is 286 g/mol. The summed E-state index contributed by atoms with van der Waals surface area (Å²) in [5.41, 5.74) is 5.31. The van der Waals surface area contributed by atoms with Gasteiger partial charge in [0.25, 0.3) is 0 Å². The largest absolute Gasteiger partial charge is 0.411 e. The highest BCUT2D eigenvalue weighted by atomic mass is 32.1. The summed E-state index contributed by atoms with van der Waals surface area (Å²) in [6.45, 7) is 1.03. The number of rotatable bonds is 8. The van der Waals surface area contributed by atoms with Gasteiger partial charge in [0, 0.05) is 19.5 Å². The molecule has 0 spiro atoms. The van der Waals surface area contributed by atoms with Crippen LogP contribution in [0.25, 0.3) is 0 Å². The molecule has 0 saturated carbocycles. The van der Waals surface area contributed by atoms with Crippen molar-refractivity contribution in [3.05, 3.63) is 0 Å². The molecule has 0 fully saturated rings. The molecule has 8 heteroatoms. The number of hydrogen-bond donors (Lipinski definition) is 1. The number of hydrogen-bond acceptors (Lipinski definition) is 3. The van der Waals surface area contributed by atoms with Gasteiger partial charge < -0.3 is 15.4 Å². The van der Waals surface area contributed by atoms with E-state index in [1.807, 2.05) is 0 Å². The molecule has 0 aromatic rings. The first-order valence-electron chi connectivity index (χ1n) is 5.47. The molecule has 0 aliphatic carbocycles. The van der Waals surface area contributed by atoms with Crippen molar-refractivity contribution in [2.75, 3.05) is 26.3 Å². The van der Waals surface area contributed by atoms with E-state index in [0.717, 1.165) is 0 Å². The van der Waals surface area contributed by atoms with Crippen LogP contribution in [0.15, 0.2) is 0 Å². The van der Waals surface area contributed by atoms with Crippen molar-refractivity contribution in [1.82, 2.24) is 4.90 Å². The van der Waals surface area contributed by atoms with E-state index in [-0.39, 0.29) is 18.9 Å². The third kappa shape index (κ3) is 9.17. The maximum atomic E-state index is 11.8. The van der Waals surface area contributed by atoms with Crippen molar-refractivity contribution >= 4 is 23.1 Å². The predicted molar refractivity (Wildman–Crippen MR) is 65.1 cm³/mol. The molecule has 0 aromatic heterocycles. The normalized spacial score (nSPS) is 11.3. The fourth-order valence-electron chi connectivity index (χ4n) is 1.21.